The second kappa shape index (κ2) is 3.88. The van der Waals surface area contributed by atoms with Gasteiger partial charge in [-0.15, -0.1) is 0 Å². The molecule has 1 aromatic rings. The number of benzene rings is 1. The SMILES string of the molecule is C/C=N/c1ccccc1CO. The van der Waals surface area contributed by atoms with Gasteiger partial charge in [-0.3, -0.25) is 4.99 Å². The quantitative estimate of drug-likeness (QED) is 0.640. The van der Waals surface area contributed by atoms with Crippen molar-refractivity contribution in [2.75, 3.05) is 0 Å². The van der Waals surface area contributed by atoms with Crippen molar-refractivity contribution >= 4 is 11.9 Å². The number of rotatable bonds is 2. The average Bonchev–Trinajstić information content (AvgIpc) is 2.06. The van der Waals surface area contributed by atoms with E-state index < -0.39 is 0 Å². The van der Waals surface area contributed by atoms with Crippen molar-refractivity contribution < 1.29 is 5.11 Å². The lowest BCUT2D eigenvalue weighted by molar-refractivity contribution is 0.282. The van der Waals surface area contributed by atoms with E-state index in [-0.39, 0.29) is 6.61 Å². The minimum Gasteiger partial charge on any atom is -0.392 e. The van der Waals surface area contributed by atoms with Gasteiger partial charge in [0.2, 0.25) is 0 Å². The molecule has 0 bridgehead atoms. The summed E-state index contributed by atoms with van der Waals surface area (Å²) in [7, 11) is 0. The Morgan fingerprint density at radius 3 is 2.82 bits per heavy atom. The highest BCUT2D eigenvalue weighted by Crippen LogP contribution is 2.17. The number of aliphatic imine (C=N–C) groups is 1. The normalized spacial score (nSPS) is 10.7. The Labute approximate surface area is 66.2 Å². The van der Waals surface area contributed by atoms with Crippen LogP contribution in [0.25, 0.3) is 0 Å². The molecule has 1 N–H and O–H groups in total. The summed E-state index contributed by atoms with van der Waals surface area (Å²) in [6, 6.07) is 7.54. The fourth-order valence-corrected chi connectivity index (χ4v) is 0.910. The van der Waals surface area contributed by atoms with Gasteiger partial charge < -0.3 is 5.11 Å². The van der Waals surface area contributed by atoms with Gasteiger partial charge in [0.25, 0.3) is 0 Å². The number of nitrogens with zero attached hydrogens (tertiary/aromatic N) is 1. The number of para-hydroxylation sites is 1. The van der Waals surface area contributed by atoms with Gasteiger partial charge in [0.05, 0.1) is 12.3 Å². The molecule has 11 heavy (non-hydrogen) atoms. The van der Waals surface area contributed by atoms with E-state index in [4.69, 9.17) is 5.11 Å². The Kier molecular flexibility index (Phi) is 2.81. The van der Waals surface area contributed by atoms with E-state index in [1.54, 1.807) is 6.21 Å². The Morgan fingerprint density at radius 1 is 1.45 bits per heavy atom. The predicted octanol–water partition coefficient (Wildman–Crippen LogP) is 1.90. The highest BCUT2D eigenvalue weighted by atomic mass is 16.3. The predicted molar refractivity (Wildman–Crippen MR) is 46.2 cm³/mol. The Hall–Kier alpha value is -1.15. The van der Waals surface area contributed by atoms with Gasteiger partial charge in [0.1, 0.15) is 0 Å². The molecule has 0 amide bonds. The van der Waals surface area contributed by atoms with Gasteiger partial charge in [-0.2, -0.15) is 0 Å². The molecule has 2 heteroatoms. The van der Waals surface area contributed by atoms with Gasteiger partial charge in [0.15, 0.2) is 0 Å². The third-order valence-electron chi connectivity index (χ3n) is 1.43. The number of aliphatic hydroxyl groups excluding tert-OH is 1. The number of aliphatic hydroxyl groups is 1. The second-order valence-electron chi connectivity index (χ2n) is 2.17. The molecule has 2 nitrogen and oxygen atoms in total. The molecule has 1 rings (SSSR count). The standard InChI is InChI=1S/C9H11NO/c1-2-10-9-6-4-3-5-8(9)7-11/h2-6,11H,7H2,1H3/b10-2+. The van der Waals surface area contributed by atoms with Crippen LogP contribution in [0.5, 0.6) is 0 Å². The summed E-state index contributed by atoms with van der Waals surface area (Å²) < 4.78 is 0. The van der Waals surface area contributed by atoms with Crippen molar-refractivity contribution in [2.24, 2.45) is 4.99 Å². The maximum absolute atomic E-state index is 8.87. The first-order valence-corrected chi connectivity index (χ1v) is 3.56. The van der Waals surface area contributed by atoms with Crippen molar-refractivity contribution in [2.45, 2.75) is 13.5 Å². The van der Waals surface area contributed by atoms with Crippen molar-refractivity contribution in [3.63, 3.8) is 0 Å². The molecule has 0 aliphatic heterocycles. The molecular formula is C9H11NO. The minimum absolute atomic E-state index is 0.0491. The minimum atomic E-state index is 0.0491. The molecular weight excluding hydrogens is 138 g/mol. The highest BCUT2D eigenvalue weighted by Gasteiger charge is 1.94. The van der Waals surface area contributed by atoms with E-state index in [0.29, 0.717) is 0 Å². The van der Waals surface area contributed by atoms with E-state index >= 15 is 0 Å². The third kappa shape index (κ3) is 1.88. The third-order valence-corrected chi connectivity index (χ3v) is 1.43. The lowest BCUT2D eigenvalue weighted by Gasteiger charge is -1.99. The average molecular weight is 149 g/mol. The van der Waals surface area contributed by atoms with Crippen molar-refractivity contribution in [1.29, 1.82) is 0 Å². The zero-order valence-corrected chi connectivity index (χ0v) is 6.49. The summed E-state index contributed by atoms with van der Waals surface area (Å²) in [6.45, 7) is 1.90. The van der Waals surface area contributed by atoms with Crippen LogP contribution >= 0.6 is 0 Å². The van der Waals surface area contributed by atoms with Crippen LogP contribution in [0.3, 0.4) is 0 Å². The first-order chi connectivity index (χ1) is 5.38. The molecule has 0 heterocycles. The van der Waals surface area contributed by atoms with Crippen LogP contribution in [0.2, 0.25) is 0 Å². The van der Waals surface area contributed by atoms with E-state index in [9.17, 15) is 0 Å². The monoisotopic (exact) mass is 149 g/mol. The summed E-state index contributed by atoms with van der Waals surface area (Å²) >= 11 is 0. The summed E-state index contributed by atoms with van der Waals surface area (Å²) in [4.78, 5) is 4.09. The zero-order valence-electron chi connectivity index (χ0n) is 6.49. The van der Waals surface area contributed by atoms with Crippen molar-refractivity contribution in [3.8, 4) is 0 Å². The maximum Gasteiger partial charge on any atom is 0.0702 e. The van der Waals surface area contributed by atoms with Crippen LogP contribution in [0, 0.1) is 0 Å². The van der Waals surface area contributed by atoms with E-state index in [2.05, 4.69) is 4.99 Å². The van der Waals surface area contributed by atoms with Crippen molar-refractivity contribution in [3.05, 3.63) is 29.8 Å². The van der Waals surface area contributed by atoms with Crippen molar-refractivity contribution in [1.82, 2.24) is 0 Å². The largest absolute Gasteiger partial charge is 0.392 e. The molecule has 0 aliphatic rings. The topological polar surface area (TPSA) is 32.6 Å². The lowest BCUT2D eigenvalue weighted by Crippen LogP contribution is -1.82. The Bertz CT molecular complexity index is 255. The van der Waals surface area contributed by atoms with Gasteiger partial charge in [0, 0.05) is 11.8 Å². The number of hydrogen-bond donors (Lipinski definition) is 1. The molecule has 58 valence electrons. The van der Waals surface area contributed by atoms with Crippen LogP contribution < -0.4 is 0 Å². The Balaban J connectivity index is 3.02. The summed E-state index contributed by atoms with van der Waals surface area (Å²) in [6.07, 6.45) is 1.72. The number of hydrogen-bond acceptors (Lipinski definition) is 2. The Morgan fingerprint density at radius 2 is 2.18 bits per heavy atom. The molecule has 0 radical (unpaired) electrons. The molecule has 0 saturated heterocycles. The van der Waals surface area contributed by atoms with Gasteiger partial charge in [-0.25, -0.2) is 0 Å². The lowest BCUT2D eigenvalue weighted by atomic mass is 10.2. The first-order valence-electron chi connectivity index (χ1n) is 3.56. The second-order valence-corrected chi connectivity index (χ2v) is 2.17. The molecule has 0 unspecified atom stereocenters. The van der Waals surface area contributed by atoms with Crippen LogP contribution in [0.1, 0.15) is 12.5 Å². The fraction of sp³-hybridized carbons (Fsp3) is 0.222. The molecule has 0 saturated carbocycles. The molecule has 0 aliphatic carbocycles. The molecule has 1 aromatic carbocycles. The summed E-state index contributed by atoms with van der Waals surface area (Å²) in [5.74, 6) is 0. The van der Waals surface area contributed by atoms with Crippen LogP contribution in [-0.2, 0) is 6.61 Å². The fourth-order valence-electron chi connectivity index (χ4n) is 0.910. The first kappa shape index (κ1) is 7.95. The van der Waals surface area contributed by atoms with Crippen LogP contribution in [-0.4, -0.2) is 11.3 Å². The summed E-state index contributed by atoms with van der Waals surface area (Å²) in [5.41, 5.74) is 1.71. The van der Waals surface area contributed by atoms with Gasteiger partial charge in [-0.05, 0) is 13.0 Å². The molecule has 0 fully saturated rings. The van der Waals surface area contributed by atoms with E-state index in [1.165, 1.54) is 0 Å². The summed E-state index contributed by atoms with van der Waals surface area (Å²) in [5, 5.41) is 8.87. The maximum atomic E-state index is 8.87. The van der Waals surface area contributed by atoms with E-state index in [0.717, 1.165) is 11.3 Å². The van der Waals surface area contributed by atoms with Crippen LogP contribution in [0.4, 0.5) is 5.69 Å². The molecule has 0 aromatic heterocycles. The van der Waals surface area contributed by atoms with Crippen LogP contribution in [0.15, 0.2) is 29.3 Å². The molecule has 0 atom stereocenters. The smallest absolute Gasteiger partial charge is 0.0702 e. The van der Waals surface area contributed by atoms with Gasteiger partial charge in [-0.1, -0.05) is 18.2 Å². The van der Waals surface area contributed by atoms with E-state index in [1.807, 2.05) is 31.2 Å². The molecule has 0 spiro atoms. The highest BCUT2D eigenvalue weighted by molar-refractivity contribution is 5.62. The zero-order chi connectivity index (χ0) is 8.10. The van der Waals surface area contributed by atoms with Gasteiger partial charge >= 0.3 is 0 Å².